The highest BCUT2D eigenvalue weighted by Crippen LogP contribution is 2.15. The predicted octanol–water partition coefficient (Wildman–Crippen LogP) is 1.80. The number of nitrogens with zero attached hydrogens (tertiary/aromatic N) is 3. The zero-order valence-corrected chi connectivity index (χ0v) is 14.9. The lowest BCUT2D eigenvalue weighted by molar-refractivity contribution is -0.139. The van der Waals surface area contributed by atoms with Crippen molar-refractivity contribution in [1.82, 2.24) is 9.88 Å². The topological polar surface area (TPSA) is 62.7 Å². The number of piperazine rings is 1. The van der Waals surface area contributed by atoms with E-state index in [1.54, 1.807) is 24.5 Å². The Morgan fingerprint density at radius 2 is 1.65 bits per heavy atom. The van der Waals surface area contributed by atoms with E-state index in [9.17, 15) is 9.59 Å². The molecular weight excluding hydrogens is 330 g/mol. The fourth-order valence-corrected chi connectivity index (χ4v) is 3.06. The average molecular weight is 353 g/mol. The molecular formula is C20H23N3O3. The summed E-state index contributed by atoms with van der Waals surface area (Å²) in [6.07, 6.45) is 3.83. The molecule has 1 fully saturated rings. The Kier molecular flexibility index (Phi) is 5.96. The Hall–Kier alpha value is -2.73. The Balaban J connectivity index is 1.50. The van der Waals surface area contributed by atoms with E-state index in [1.165, 1.54) is 12.8 Å². The fourth-order valence-electron chi connectivity index (χ4n) is 3.06. The van der Waals surface area contributed by atoms with Crippen molar-refractivity contribution in [3.05, 3.63) is 59.9 Å². The van der Waals surface area contributed by atoms with Gasteiger partial charge in [0.05, 0.1) is 20.1 Å². The van der Waals surface area contributed by atoms with Gasteiger partial charge in [-0.25, -0.2) is 0 Å². The maximum atomic E-state index is 12.5. The number of carbonyl (C=O) groups is 2. The van der Waals surface area contributed by atoms with Crippen LogP contribution in [-0.2, 0) is 16.0 Å². The number of rotatable bonds is 6. The molecule has 1 aliphatic heterocycles. The van der Waals surface area contributed by atoms with E-state index in [0.717, 1.165) is 31.7 Å². The summed E-state index contributed by atoms with van der Waals surface area (Å²) in [4.78, 5) is 32.3. The summed E-state index contributed by atoms with van der Waals surface area (Å²) in [6, 6.07) is 11.2. The van der Waals surface area contributed by atoms with E-state index in [-0.39, 0.29) is 18.2 Å². The molecule has 1 aromatic heterocycles. The number of benzene rings is 1. The van der Waals surface area contributed by atoms with E-state index in [2.05, 4.69) is 19.5 Å². The van der Waals surface area contributed by atoms with Crippen LogP contribution in [0.4, 0.5) is 5.69 Å². The third-order valence-electron chi connectivity index (χ3n) is 4.62. The zero-order chi connectivity index (χ0) is 18.4. The number of Topliss-reactive ketones (excluding diaryl/α,β-unsaturated/α-hetero) is 1. The largest absolute Gasteiger partial charge is 0.469 e. The lowest BCUT2D eigenvalue weighted by Gasteiger charge is -2.35. The van der Waals surface area contributed by atoms with Crippen molar-refractivity contribution in [1.29, 1.82) is 0 Å². The number of carbonyl (C=O) groups excluding carboxylic acids is 2. The van der Waals surface area contributed by atoms with Crippen LogP contribution in [0.2, 0.25) is 0 Å². The molecule has 0 saturated carbocycles. The second-order valence-corrected chi connectivity index (χ2v) is 6.34. The van der Waals surface area contributed by atoms with Gasteiger partial charge in [0, 0.05) is 49.8 Å². The molecule has 0 N–H and O–H groups in total. The number of hydrogen-bond donors (Lipinski definition) is 0. The number of pyridine rings is 1. The molecule has 0 radical (unpaired) electrons. The van der Waals surface area contributed by atoms with E-state index in [0.29, 0.717) is 12.1 Å². The molecule has 0 bridgehead atoms. The second kappa shape index (κ2) is 8.58. The van der Waals surface area contributed by atoms with Crippen molar-refractivity contribution in [3.63, 3.8) is 0 Å². The molecule has 1 aromatic carbocycles. The van der Waals surface area contributed by atoms with Crippen LogP contribution in [0, 0.1) is 0 Å². The summed E-state index contributed by atoms with van der Waals surface area (Å²) in [6.45, 7) is 3.92. The van der Waals surface area contributed by atoms with Gasteiger partial charge < -0.3 is 9.64 Å². The molecule has 0 aliphatic carbocycles. The van der Waals surface area contributed by atoms with Gasteiger partial charge in [0.15, 0.2) is 5.78 Å². The number of aromatic nitrogens is 1. The molecule has 1 saturated heterocycles. The average Bonchev–Trinajstić information content (AvgIpc) is 2.69. The summed E-state index contributed by atoms with van der Waals surface area (Å²) in [5.41, 5.74) is 2.70. The smallest absolute Gasteiger partial charge is 0.309 e. The maximum absolute atomic E-state index is 12.5. The van der Waals surface area contributed by atoms with Gasteiger partial charge in [-0.05, 0) is 17.7 Å². The Morgan fingerprint density at radius 1 is 1.00 bits per heavy atom. The van der Waals surface area contributed by atoms with Gasteiger partial charge in [0.1, 0.15) is 0 Å². The Morgan fingerprint density at radius 3 is 2.27 bits per heavy atom. The van der Waals surface area contributed by atoms with Gasteiger partial charge in [0.2, 0.25) is 0 Å². The minimum absolute atomic E-state index is 0.104. The van der Waals surface area contributed by atoms with Crippen molar-refractivity contribution < 1.29 is 14.3 Å². The summed E-state index contributed by atoms with van der Waals surface area (Å²) in [7, 11) is 1.37. The lowest BCUT2D eigenvalue weighted by Crippen LogP contribution is -2.48. The minimum atomic E-state index is -0.281. The van der Waals surface area contributed by atoms with Gasteiger partial charge in [-0.15, -0.1) is 0 Å². The summed E-state index contributed by atoms with van der Waals surface area (Å²) >= 11 is 0. The Bertz CT molecular complexity index is 739. The number of anilines is 1. The molecule has 0 atom stereocenters. The highest BCUT2D eigenvalue weighted by Gasteiger charge is 2.19. The molecule has 6 nitrogen and oxygen atoms in total. The summed E-state index contributed by atoms with van der Waals surface area (Å²) in [5, 5.41) is 0. The van der Waals surface area contributed by atoms with E-state index in [1.807, 2.05) is 24.3 Å². The number of esters is 1. The molecule has 26 heavy (non-hydrogen) atoms. The van der Waals surface area contributed by atoms with Gasteiger partial charge in [0.25, 0.3) is 0 Å². The van der Waals surface area contributed by atoms with E-state index < -0.39 is 0 Å². The van der Waals surface area contributed by atoms with E-state index >= 15 is 0 Å². The highest BCUT2D eigenvalue weighted by molar-refractivity contribution is 5.97. The molecule has 136 valence electrons. The van der Waals surface area contributed by atoms with Gasteiger partial charge in [-0.3, -0.25) is 19.5 Å². The SMILES string of the molecule is COC(=O)Cc1ccc(C(=O)CN2CCN(c3ccncc3)CC2)cc1. The van der Waals surface area contributed by atoms with Gasteiger partial charge in [-0.2, -0.15) is 0 Å². The summed E-state index contributed by atoms with van der Waals surface area (Å²) in [5.74, 6) is -0.178. The lowest BCUT2D eigenvalue weighted by atomic mass is 10.1. The summed E-state index contributed by atoms with van der Waals surface area (Å²) < 4.78 is 4.65. The van der Waals surface area contributed by atoms with Crippen LogP contribution < -0.4 is 4.90 Å². The van der Waals surface area contributed by atoms with Crippen molar-refractivity contribution in [2.45, 2.75) is 6.42 Å². The van der Waals surface area contributed by atoms with Crippen LogP contribution >= 0.6 is 0 Å². The third kappa shape index (κ3) is 4.67. The van der Waals surface area contributed by atoms with Crippen LogP contribution in [0.1, 0.15) is 15.9 Å². The standard InChI is InChI=1S/C20H23N3O3/c1-26-20(25)14-16-2-4-17(5-3-16)19(24)15-22-10-12-23(13-11-22)18-6-8-21-9-7-18/h2-9H,10-15H2,1H3. The number of ketones is 1. The molecule has 3 rings (SSSR count). The first-order chi connectivity index (χ1) is 12.7. The molecule has 2 heterocycles. The monoisotopic (exact) mass is 353 g/mol. The van der Waals surface area contributed by atoms with Crippen LogP contribution in [0.15, 0.2) is 48.8 Å². The molecule has 1 aliphatic rings. The van der Waals surface area contributed by atoms with Crippen LogP contribution in [-0.4, -0.2) is 61.5 Å². The van der Waals surface area contributed by atoms with Gasteiger partial charge >= 0.3 is 5.97 Å². The van der Waals surface area contributed by atoms with Crippen LogP contribution in [0.3, 0.4) is 0 Å². The first-order valence-corrected chi connectivity index (χ1v) is 8.72. The maximum Gasteiger partial charge on any atom is 0.309 e. The second-order valence-electron chi connectivity index (χ2n) is 6.34. The first kappa shape index (κ1) is 18.1. The number of hydrogen-bond acceptors (Lipinski definition) is 6. The van der Waals surface area contributed by atoms with Crippen molar-refractivity contribution in [2.75, 3.05) is 44.7 Å². The number of ether oxygens (including phenoxy) is 1. The third-order valence-corrected chi connectivity index (χ3v) is 4.62. The van der Waals surface area contributed by atoms with Crippen LogP contribution in [0.5, 0.6) is 0 Å². The van der Waals surface area contributed by atoms with Crippen molar-refractivity contribution in [3.8, 4) is 0 Å². The Labute approximate surface area is 153 Å². The quantitative estimate of drug-likeness (QED) is 0.583. The predicted molar refractivity (Wildman–Crippen MR) is 99.4 cm³/mol. The van der Waals surface area contributed by atoms with E-state index in [4.69, 9.17) is 0 Å². The molecule has 2 aromatic rings. The van der Waals surface area contributed by atoms with Crippen LogP contribution in [0.25, 0.3) is 0 Å². The normalized spacial score (nSPS) is 14.9. The number of methoxy groups -OCH3 is 1. The highest BCUT2D eigenvalue weighted by atomic mass is 16.5. The molecule has 0 unspecified atom stereocenters. The molecule has 6 heteroatoms. The molecule has 0 amide bonds. The fraction of sp³-hybridized carbons (Fsp3) is 0.350. The zero-order valence-electron chi connectivity index (χ0n) is 14.9. The van der Waals surface area contributed by atoms with Crippen molar-refractivity contribution in [2.24, 2.45) is 0 Å². The van der Waals surface area contributed by atoms with Gasteiger partial charge in [-0.1, -0.05) is 24.3 Å². The first-order valence-electron chi connectivity index (χ1n) is 8.72. The molecule has 0 spiro atoms. The van der Waals surface area contributed by atoms with Crippen molar-refractivity contribution >= 4 is 17.4 Å². The minimum Gasteiger partial charge on any atom is -0.469 e.